The highest BCUT2D eigenvalue weighted by Crippen LogP contribution is 2.32. The van der Waals surface area contributed by atoms with Gasteiger partial charge in [0.05, 0.1) is 5.56 Å². The van der Waals surface area contributed by atoms with Gasteiger partial charge < -0.3 is 10.4 Å². The highest BCUT2D eigenvalue weighted by Gasteiger charge is 2.28. The van der Waals surface area contributed by atoms with Crippen molar-refractivity contribution in [1.29, 1.82) is 0 Å². The standard InChI is InChI=1S/C15H22N2O2/c1-3-6-12-9-11(14(18)19)10-13(16-12)17-15(2)7-4-5-8-15/h9-10H,3-8H2,1-2H3,(H,16,17)(H,18,19). The zero-order chi connectivity index (χ0) is 13.9. The maximum Gasteiger partial charge on any atom is 0.335 e. The van der Waals surface area contributed by atoms with E-state index in [1.165, 1.54) is 12.8 Å². The molecular formula is C15H22N2O2. The number of carboxylic acid groups (broad SMARTS) is 1. The molecule has 2 N–H and O–H groups in total. The van der Waals surface area contributed by atoms with Crippen LogP contribution in [0.4, 0.5) is 5.82 Å². The summed E-state index contributed by atoms with van der Waals surface area (Å²) in [5.41, 5.74) is 1.24. The number of hydrogen-bond acceptors (Lipinski definition) is 3. The Morgan fingerprint density at radius 1 is 1.42 bits per heavy atom. The van der Waals surface area contributed by atoms with E-state index in [1.54, 1.807) is 12.1 Å². The topological polar surface area (TPSA) is 62.2 Å². The van der Waals surface area contributed by atoms with E-state index in [0.29, 0.717) is 11.4 Å². The number of anilines is 1. The van der Waals surface area contributed by atoms with Crippen molar-refractivity contribution >= 4 is 11.8 Å². The molecule has 104 valence electrons. The van der Waals surface area contributed by atoms with E-state index in [0.717, 1.165) is 31.4 Å². The van der Waals surface area contributed by atoms with Crippen LogP contribution in [0.15, 0.2) is 12.1 Å². The van der Waals surface area contributed by atoms with Gasteiger partial charge in [-0.25, -0.2) is 9.78 Å². The molecule has 1 aliphatic rings. The Morgan fingerprint density at radius 3 is 2.68 bits per heavy atom. The number of aromatic carboxylic acids is 1. The summed E-state index contributed by atoms with van der Waals surface area (Å²) in [5, 5.41) is 12.6. The van der Waals surface area contributed by atoms with Gasteiger partial charge in [-0.05, 0) is 38.3 Å². The molecule has 1 fully saturated rings. The molecule has 0 spiro atoms. The summed E-state index contributed by atoms with van der Waals surface area (Å²) in [4.78, 5) is 15.7. The summed E-state index contributed by atoms with van der Waals surface area (Å²) in [6, 6.07) is 3.32. The summed E-state index contributed by atoms with van der Waals surface area (Å²) >= 11 is 0. The predicted octanol–water partition coefficient (Wildman–Crippen LogP) is 3.48. The van der Waals surface area contributed by atoms with Gasteiger partial charge in [-0.3, -0.25) is 0 Å². The Hall–Kier alpha value is -1.58. The van der Waals surface area contributed by atoms with Crippen LogP contribution >= 0.6 is 0 Å². The lowest BCUT2D eigenvalue weighted by Crippen LogP contribution is -2.31. The molecule has 0 bridgehead atoms. The van der Waals surface area contributed by atoms with Crippen LogP contribution in [0.25, 0.3) is 0 Å². The number of aryl methyl sites for hydroxylation is 1. The van der Waals surface area contributed by atoms with Crippen molar-refractivity contribution in [1.82, 2.24) is 4.98 Å². The molecular weight excluding hydrogens is 240 g/mol. The van der Waals surface area contributed by atoms with Crippen molar-refractivity contribution in [2.24, 2.45) is 0 Å². The highest BCUT2D eigenvalue weighted by atomic mass is 16.4. The van der Waals surface area contributed by atoms with Crippen LogP contribution in [-0.2, 0) is 6.42 Å². The first kappa shape index (κ1) is 13.8. The Morgan fingerprint density at radius 2 is 2.11 bits per heavy atom. The summed E-state index contributed by atoms with van der Waals surface area (Å²) < 4.78 is 0. The molecule has 1 saturated carbocycles. The predicted molar refractivity (Wildman–Crippen MR) is 75.7 cm³/mol. The molecule has 0 unspecified atom stereocenters. The largest absolute Gasteiger partial charge is 0.478 e. The molecule has 0 saturated heterocycles. The van der Waals surface area contributed by atoms with Gasteiger partial charge in [0.25, 0.3) is 0 Å². The summed E-state index contributed by atoms with van der Waals surface area (Å²) in [7, 11) is 0. The number of nitrogens with zero attached hydrogens (tertiary/aromatic N) is 1. The van der Waals surface area contributed by atoms with Crippen LogP contribution in [0, 0.1) is 0 Å². The molecule has 1 aromatic rings. The third-order valence-corrected chi connectivity index (χ3v) is 3.77. The van der Waals surface area contributed by atoms with E-state index in [1.807, 2.05) is 0 Å². The monoisotopic (exact) mass is 262 g/mol. The van der Waals surface area contributed by atoms with Crippen molar-refractivity contribution in [3.63, 3.8) is 0 Å². The third-order valence-electron chi connectivity index (χ3n) is 3.77. The number of nitrogens with one attached hydrogen (secondary N) is 1. The Labute approximate surface area is 114 Å². The van der Waals surface area contributed by atoms with Crippen LogP contribution in [-0.4, -0.2) is 21.6 Å². The van der Waals surface area contributed by atoms with Crippen molar-refractivity contribution in [3.05, 3.63) is 23.4 Å². The number of carbonyl (C=O) groups is 1. The van der Waals surface area contributed by atoms with Crippen LogP contribution in [0.5, 0.6) is 0 Å². The number of pyridine rings is 1. The maximum atomic E-state index is 11.2. The zero-order valence-corrected chi connectivity index (χ0v) is 11.7. The number of rotatable bonds is 5. The lowest BCUT2D eigenvalue weighted by Gasteiger charge is -2.26. The zero-order valence-electron chi connectivity index (χ0n) is 11.7. The fraction of sp³-hybridized carbons (Fsp3) is 0.600. The molecule has 19 heavy (non-hydrogen) atoms. The van der Waals surface area contributed by atoms with Gasteiger partial charge in [-0.1, -0.05) is 26.2 Å². The molecule has 0 aliphatic heterocycles. The van der Waals surface area contributed by atoms with Gasteiger partial charge >= 0.3 is 5.97 Å². The van der Waals surface area contributed by atoms with E-state index >= 15 is 0 Å². The Bertz CT molecular complexity index is 465. The fourth-order valence-electron chi connectivity index (χ4n) is 2.75. The minimum Gasteiger partial charge on any atom is -0.478 e. The first-order valence-electron chi connectivity index (χ1n) is 7.05. The quantitative estimate of drug-likeness (QED) is 0.852. The van der Waals surface area contributed by atoms with Gasteiger partial charge in [0.15, 0.2) is 0 Å². The highest BCUT2D eigenvalue weighted by molar-refractivity contribution is 5.88. The first-order chi connectivity index (χ1) is 9.02. The molecule has 1 heterocycles. The van der Waals surface area contributed by atoms with Crippen molar-refractivity contribution in [3.8, 4) is 0 Å². The van der Waals surface area contributed by atoms with Gasteiger partial charge in [0.1, 0.15) is 5.82 Å². The second kappa shape index (κ2) is 5.59. The molecule has 0 atom stereocenters. The van der Waals surface area contributed by atoms with Gasteiger partial charge in [-0.2, -0.15) is 0 Å². The maximum absolute atomic E-state index is 11.2. The summed E-state index contributed by atoms with van der Waals surface area (Å²) in [6.07, 6.45) is 6.47. The molecule has 0 radical (unpaired) electrons. The average molecular weight is 262 g/mol. The molecule has 4 heteroatoms. The van der Waals surface area contributed by atoms with E-state index in [-0.39, 0.29) is 5.54 Å². The van der Waals surface area contributed by atoms with E-state index < -0.39 is 5.97 Å². The third kappa shape index (κ3) is 3.46. The number of hydrogen-bond donors (Lipinski definition) is 2. The molecule has 0 aromatic carbocycles. The van der Waals surface area contributed by atoms with Crippen molar-refractivity contribution < 1.29 is 9.90 Å². The van der Waals surface area contributed by atoms with Crippen LogP contribution in [0.1, 0.15) is 62.0 Å². The Kier molecular flexibility index (Phi) is 4.08. The van der Waals surface area contributed by atoms with Crippen LogP contribution < -0.4 is 5.32 Å². The summed E-state index contributed by atoms with van der Waals surface area (Å²) in [5.74, 6) is -0.188. The molecule has 1 aliphatic carbocycles. The second-order valence-corrected chi connectivity index (χ2v) is 5.68. The molecule has 4 nitrogen and oxygen atoms in total. The van der Waals surface area contributed by atoms with Crippen molar-refractivity contribution in [2.75, 3.05) is 5.32 Å². The van der Waals surface area contributed by atoms with Crippen LogP contribution in [0.3, 0.4) is 0 Å². The van der Waals surface area contributed by atoms with E-state index in [2.05, 4.69) is 24.1 Å². The fourth-order valence-corrected chi connectivity index (χ4v) is 2.75. The smallest absolute Gasteiger partial charge is 0.335 e. The Balaban J connectivity index is 2.25. The minimum absolute atomic E-state index is 0.0631. The minimum atomic E-state index is -0.889. The van der Waals surface area contributed by atoms with E-state index in [4.69, 9.17) is 0 Å². The van der Waals surface area contributed by atoms with Gasteiger partial charge in [-0.15, -0.1) is 0 Å². The van der Waals surface area contributed by atoms with E-state index in [9.17, 15) is 9.90 Å². The second-order valence-electron chi connectivity index (χ2n) is 5.68. The van der Waals surface area contributed by atoms with Gasteiger partial charge in [0.2, 0.25) is 0 Å². The molecule has 2 rings (SSSR count). The number of carboxylic acids is 1. The average Bonchev–Trinajstić information content (AvgIpc) is 2.75. The lowest BCUT2D eigenvalue weighted by molar-refractivity contribution is 0.0696. The van der Waals surface area contributed by atoms with Gasteiger partial charge in [0, 0.05) is 11.2 Å². The molecule has 1 aromatic heterocycles. The van der Waals surface area contributed by atoms with Crippen molar-refractivity contribution in [2.45, 2.75) is 57.9 Å². The molecule has 0 amide bonds. The lowest BCUT2D eigenvalue weighted by atomic mass is 10.0. The summed E-state index contributed by atoms with van der Waals surface area (Å²) in [6.45, 7) is 4.26. The first-order valence-corrected chi connectivity index (χ1v) is 7.05. The normalized spacial score (nSPS) is 17.4. The van der Waals surface area contributed by atoms with Crippen LogP contribution in [0.2, 0.25) is 0 Å². The SMILES string of the molecule is CCCc1cc(C(=O)O)cc(NC2(C)CCCC2)n1. The number of aromatic nitrogens is 1.